The average molecular weight is 241 g/mol. The van der Waals surface area contributed by atoms with Crippen molar-refractivity contribution in [3.05, 3.63) is 0 Å². The Bertz CT molecular complexity index is 264. The van der Waals surface area contributed by atoms with Gasteiger partial charge in [-0.1, -0.05) is 6.42 Å². The molecule has 2 aliphatic heterocycles. The van der Waals surface area contributed by atoms with Crippen molar-refractivity contribution in [3.8, 4) is 0 Å². The molecule has 4 heteroatoms. The average Bonchev–Trinajstić information content (AvgIpc) is 2.90. The van der Waals surface area contributed by atoms with Crippen molar-refractivity contribution >= 4 is 0 Å². The Balaban J connectivity index is 1.66. The molecule has 98 valence electrons. The first kappa shape index (κ1) is 11.9. The molecular weight excluding hydrogens is 218 g/mol. The lowest BCUT2D eigenvalue weighted by Gasteiger charge is -2.40. The summed E-state index contributed by atoms with van der Waals surface area (Å²) in [4.78, 5) is 1.91. The van der Waals surface area contributed by atoms with E-state index in [0.29, 0.717) is 25.0 Å². The van der Waals surface area contributed by atoms with E-state index in [-0.39, 0.29) is 5.92 Å². The number of hydrogen-bond acceptors (Lipinski definition) is 4. The smallest absolute Gasteiger partial charge is 0.228 e. The minimum absolute atomic E-state index is 0.0462. The topological polar surface area (TPSA) is 52.9 Å². The van der Waals surface area contributed by atoms with Crippen LogP contribution in [-0.4, -0.2) is 47.3 Å². The van der Waals surface area contributed by atoms with Gasteiger partial charge in [0, 0.05) is 32.2 Å². The predicted octanol–water partition coefficient (Wildman–Crippen LogP) is 0.783. The molecule has 0 unspecified atom stereocenters. The minimum atomic E-state index is -1.60. The van der Waals surface area contributed by atoms with Crippen LogP contribution in [0.25, 0.3) is 0 Å². The number of ether oxygens (including phenoxy) is 1. The number of hydrogen-bond donors (Lipinski definition) is 2. The van der Waals surface area contributed by atoms with Crippen molar-refractivity contribution in [2.75, 3.05) is 26.3 Å². The predicted molar refractivity (Wildman–Crippen MR) is 63.1 cm³/mol. The summed E-state index contributed by atoms with van der Waals surface area (Å²) in [6, 6.07) is 0. The van der Waals surface area contributed by atoms with E-state index in [1.54, 1.807) is 0 Å². The highest BCUT2D eigenvalue weighted by Crippen LogP contribution is 2.41. The van der Waals surface area contributed by atoms with Crippen LogP contribution in [0.2, 0.25) is 0 Å². The Morgan fingerprint density at radius 2 is 1.53 bits per heavy atom. The minimum Gasteiger partial charge on any atom is -0.381 e. The molecule has 0 aromatic carbocycles. The van der Waals surface area contributed by atoms with Crippen LogP contribution >= 0.6 is 0 Å². The number of fused-ring (bicyclic) bond motifs is 1. The summed E-state index contributed by atoms with van der Waals surface area (Å²) in [5, 5.41) is 20.8. The molecule has 3 fully saturated rings. The van der Waals surface area contributed by atoms with E-state index in [0.717, 1.165) is 25.9 Å². The van der Waals surface area contributed by atoms with Gasteiger partial charge in [0.05, 0.1) is 0 Å². The first-order chi connectivity index (χ1) is 8.18. The van der Waals surface area contributed by atoms with Crippen LogP contribution in [0, 0.1) is 17.8 Å². The van der Waals surface area contributed by atoms with Gasteiger partial charge in [-0.05, 0) is 37.5 Å². The molecule has 2 heterocycles. The third-order valence-electron chi connectivity index (χ3n) is 4.96. The van der Waals surface area contributed by atoms with Gasteiger partial charge in [0.15, 0.2) is 0 Å². The molecule has 0 aromatic heterocycles. The lowest BCUT2D eigenvalue weighted by Crippen LogP contribution is -2.54. The normalized spacial score (nSPS) is 36.4. The summed E-state index contributed by atoms with van der Waals surface area (Å²) in [5.74, 6) is -0.245. The summed E-state index contributed by atoms with van der Waals surface area (Å²) in [6.45, 7) is 3.06. The van der Waals surface area contributed by atoms with E-state index in [2.05, 4.69) is 0 Å². The first-order valence-electron chi connectivity index (χ1n) is 6.95. The zero-order valence-electron chi connectivity index (χ0n) is 10.3. The zero-order chi connectivity index (χ0) is 11.9. The van der Waals surface area contributed by atoms with Crippen LogP contribution in [0.3, 0.4) is 0 Å². The molecule has 2 saturated heterocycles. The van der Waals surface area contributed by atoms with Gasteiger partial charge in [0.2, 0.25) is 5.91 Å². The van der Waals surface area contributed by atoms with Gasteiger partial charge >= 0.3 is 0 Å². The Morgan fingerprint density at radius 1 is 0.941 bits per heavy atom. The lowest BCUT2D eigenvalue weighted by atomic mass is 9.95. The molecular formula is C13H23NO3. The number of likely N-dealkylation sites (tertiary alicyclic amines) is 1. The third kappa shape index (κ3) is 2.12. The Labute approximate surface area is 103 Å². The van der Waals surface area contributed by atoms with Crippen LogP contribution in [0.4, 0.5) is 0 Å². The largest absolute Gasteiger partial charge is 0.381 e. The van der Waals surface area contributed by atoms with Crippen molar-refractivity contribution in [1.82, 2.24) is 4.90 Å². The van der Waals surface area contributed by atoms with Crippen molar-refractivity contribution < 1.29 is 14.9 Å². The van der Waals surface area contributed by atoms with E-state index in [1.807, 2.05) is 4.90 Å². The van der Waals surface area contributed by atoms with E-state index < -0.39 is 5.91 Å². The Morgan fingerprint density at radius 3 is 2.12 bits per heavy atom. The van der Waals surface area contributed by atoms with Gasteiger partial charge < -0.3 is 14.9 Å². The molecule has 0 aromatic rings. The summed E-state index contributed by atoms with van der Waals surface area (Å²) >= 11 is 0. The highest BCUT2D eigenvalue weighted by atomic mass is 16.5. The fourth-order valence-electron chi connectivity index (χ4n) is 3.85. The van der Waals surface area contributed by atoms with E-state index in [9.17, 15) is 10.2 Å². The van der Waals surface area contributed by atoms with Crippen LogP contribution in [0.1, 0.15) is 32.1 Å². The van der Waals surface area contributed by atoms with Gasteiger partial charge in [-0.3, -0.25) is 4.90 Å². The van der Waals surface area contributed by atoms with Crippen LogP contribution < -0.4 is 0 Å². The van der Waals surface area contributed by atoms with E-state index in [4.69, 9.17) is 4.74 Å². The molecule has 1 saturated carbocycles. The molecule has 0 amide bonds. The summed E-state index contributed by atoms with van der Waals surface area (Å²) in [7, 11) is 0. The Hall–Kier alpha value is -0.160. The maximum Gasteiger partial charge on any atom is 0.228 e. The highest BCUT2D eigenvalue weighted by molar-refractivity contribution is 4.92. The maximum absolute atomic E-state index is 10.4. The molecule has 1 aliphatic carbocycles. The molecule has 0 radical (unpaired) electrons. The van der Waals surface area contributed by atoms with Gasteiger partial charge in [-0.25, -0.2) is 0 Å². The summed E-state index contributed by atoms with van der Waals surface area (Å²) in [5.41, 5.74) is 0. The van der Waals surface area contributed by atoms with Gasteiger partial charge in [-0.2, -0.15) is 0 Å². The first-order valence-corrected chi connectivity index (χ1v) is 6.95. The van der Waals surface area contributed by atoms with Crippen molar-refractivity contribution in [2.45, 2.75) is 38.0 Å². The molecule has 17 heavy (non-hydrogen) atoms. The molecule has 2 atom stereocenters. The van der Waals surface area contributed by atoms with Crippen molar-refractivity contribution in [3.63, 3.8) is 0 Å². The Kier molecular flexibility index (Phi) is 3.15. The standard InChI is InChI=1S/C13H23NO3/c15-13(16,12-4-6-17-7-5-12)14-8-10-2-1-3-11(10)9-14/h10-12,15-16H,1-9H2/t10-,11+. The second kappa shape index (κ2) is 4.50. The van der Waals surface area contributed by atoms with E-state index in [1.165, 1.54) is 19.3 Å². The molecule has 3 rings (SSSR count). The van der Waals surface area contributed by atoms with Crippen LogP contribution in [-0.2, 0) is 4.74 Å². The SMILES string of the molecule is OC(O)(C1CCOCC1)N1C[C@H]2CCC[C@H]2C1. The van der Waals surface area contributed by atoms with Gasteiger partial charge in [-0.15, -0.1) is 0 Å². The number of rotatable bonds is 2. The molecule has 3 aliphatic rings. The van der Waals surface area contributed by atoms with Crippen LogP contribution in [0.15, 0.2) is 0 Å². The van der Waals surface area contributed by atoms with Crippen molar-refractivity contribution in [2.24, 2.45) is 17.8 Å². The van der Waals surface area contributed by atoms with Gasteiger partial charge in [0.25, 0.3) is 0 Å². The summed E-state index contributed by atoms with van der Waals surface area (Å²) in [6.07, 6.45) is 5.39. The quantitative estimate of drug-likeness (QED) is 0.702. The zero-order valence-corrected chi connectivity index (χ0v) is 10.3. The second-order valence-electron chi connectivity index (χ2n) is 5.93. The van der Waals surface area contributed by atoms with Crippen molar-refractivity contribution in [1.29, 1.82) is 0 Å². The van der Waals surface area contributed by atoms with Gasteiger partial charge in [0.1, 0.15) is 0 Å². The fraction of sp³-hybridized carbons (Fsp3) is 1.00. The molecule has 0 spiro atoms. The number of aliphatic hydroxyl groups is 2. The highest BCUT2D eigenvalue weighted by Gasteiger charge is 2.48. The molecule has 2 N–H and O–H groups in total. The van der Waals surface area contributed by atoms with E-state index >= 15 is 0 Å². The lowest BCUT2D eigenvalue weighted by molar-refractivity contribution is -0.301. The number of nitrogens with zero attached hydrogens (tertiary/aromatic N) is 1. The fourth-order valence-corrected chi connectivity index (χ4v) is 3.85. The summed E-state index contributed by atoms with van der Waals surface area (Å²) < 4.78 is 5.29. The maximum atomic E-state index is 10.4. The van der Waals surface area contributed by atoms with Crippen LogP contribution in [0.5, 0.6) is 0 Å². The molecule has 4 nitrogen and oxygen atoms in total. The molecule has 0 bridgehead atoms. The second-order valence-corrected chi connectivity index (χ2v) is 5.93. The third-order valence-corrected chi connectivity index (χ3v) is 4.96. The monoisotopic (exact) mass is 241 g/mol.